The van der Waals surface area contributed by atoms with Crippen LogP contribution in [-0.4, -0.2) is 16.6 Å². The molecule has 0 radical (unpaired) electrons. The van der Waals surface area contributed by atoms with E-state index in [1.807, 2.05) is 50.2 Å². The number of benzene rings is 1. The number of carbonyl (C=O) groups excluding carboxylic acids is 1. The monoisotopic (exact) mass is 297 g/mol. The molecule has 0 unspecified atom stereocenters. The number of pyridine rings is 1. The average molecular weight is 297 g/mol. The Balaban J connectivity index is 2.33. The van der Waals surface area contributed by atoms with E-state index in [9.17, 15) is 4.79 Å². The molecule has 0 saturated heterocycles. The van der Waals surface area contributed by atoms with Gasteiger partial charge in [0.25, 0.3) is 5.91 Å². The normalized spacial score (nSPS) is 9.95. The molecule has 0 bridgehead atoms. The van der Waals surface area contributed by atoms with Gasteiger partial charge in [-0.2, -0.15) is 5.26 Å². The van der Waals surface area contributed by atoms with E-state index in [1.165, 1.54) is 11.8 Å². The van der Waals surface area contributed by atoms with Crippen molar-refractivity contribution in [1.29, 1.82) is 5.26 Å². The molecule has 21 heavy (non-hydrogen) atoms. The number of rotatable bonds is 4. The summed E-state index contributed by atoms with van der Waals surface area (Å²) < 4.78 is 0. The molecule has 0 fully saturated rings. The third kappa shape index (κ3) is 3.83. The fourth-order valence-corrected chi connectivity index (χ4v) is 2.81. The summed E-state index contributed by atoms with van der Waals surface area (Å²) in [5.41, 5.74) is 2.96. The van der Waals surface area contributed by atoms with Gasteiger partial charge in [-0.25, -0.2) is 4.98 Å². The molecule has 0 atom stereocenters. The number of hydrogen-bond donors (Lipinski definition) is 1. The largest absolute Gasteiger partial charge is 0.322 e. The molecule has 2 aromatic rings. The Hall–Kier alpha value is -2.32. The van der Waals surface area contributed by atoms with Crippen LogP contribution in [0.25, 0.3) is 0 Å². The zero-order valence-electron chi connectivity index (χ0n) is 11.9. The Kier molecular flexibility index (Phi) is 4.96. The van der Waals surface area contributed by atoms with E-state index in [0.29, 0.717) is 10.6 Å². The average Bonchev–Trinajstić information content (AvgIpc) is 2.45. The van der Waals surface area contributed by atoms with Crippen molar-refractivity contribution in [1.82, 2.24) is 4.98 Å². The minimum atomic E-state index is -0.202. The van der Waals surface area contributed by atoms with Crippen LogP contribution in [0.3, 0.4) is 0 Å². The number of aryl methyl sites for hydroxylation is 2. The Labute approximate surface area is 128 Å². The maximum atomic E-state index is 12.5. The van der Waals surface area contributed by atoms with Crippen molar-refractivity contribution in [2.45, 2.75) is 18.9 Å². The summed E-state index contributed by atoms with van der Waals surface area (Å²) in [6.45, 7) is 3.76. The van der Waals surface area contributed by atoms with Gasteiger partial charge in [0.2, 0.25) is 0 Å². The predicted octanol–water partition coefficient (Wildman–Crippen LogP) is 3.57. The molecule has 0 saturated carbocycles. The zero-order valence-corrected chi connectivity index (χ0v) is 12.7. The summed E-state index contributed by atoms with van der Waals surface area (Å²) >= 11 is 1.28. The fourth-order valence-electron chi connectivity index (χ4n) is 2.00. The van der Waals surface area contributed by atoms with Gasteiger partial charge in [-0.05, 0) is 37.6 Å². The molecule has 5 heteroatoms. The van der Waals surface area contributed by atoms with E-state index in [-0.39, 0.29) is 11.7 Å². The second kappa shape index (κ2) is 6.91. The van der Waals surface area contributed by atoms with Gasteiger partial charge in [0.1, 0.15) is 5.03 Å². The first-order chi connectivity index (χ1) is 10.1. The number of nitriles is 1. The topological polar surface area (TPSA) is 65.8 Å². The fraction of sp³-hybridized carbons (Fsp3) is 0.188. The van der Waals surface area contributed by atoms with Crippen molar-refractivity contribution < 1.29 is 4.79 Å². The number of aromatic nitrogens is 1. The number of nitrogens with zero attached hydrogens (tertiary/aromatic N) is 2. The van der Waals surface area contributed by atoms with Crippen LogP contribution in [-0.2, 0) is 0 Å². The lowest BCUT2D eigenvalue weighted by Gasteiger charge is -2.12. The molecule has 0 spiro atoms. The predicted molar refractivity (Wildman–Crippen MR) is 84.4 cm³/mol. The number of nitrogens with one attached hydrogen (secondary N) is 1. The highest BCUT2D eigenvalue weighted by Gasteiger charge is 2.17. The van der Waals surface area contributed by atoms with Gasteiger partial charge in [0.15, 0.2) is 0 Å². The van der Waals surface area contributed by atoms with Crippen molar-refractivity contribution in [2.75, 3.05) is 11.1 Å². The summed E-state index contributed by atoms with van der Waals surface area (Å²) in [5.74, 6) is 0.0632. The van der Waals surface area contributed by atoms with Crippen LogP contribution in [0.4, 0.5) is 5.69 Å². The number of thioether (sulfide) groups is 1. The van der Waals surface area contributed by atoms with E-state index in [2.05, 4.69) is 16.4 Å². The van der Waals surface area contributed by atoms with Gasteiger partial charge >= 0.3 is 0 Å². The number of hydrogen-bond acceptors (Lipinski definition) is 4. The second-order valence-corrected chi connectivity index (χ2v) is 5.49. The molecule has 106 valence electrons. The van der Waals surface area contributed by atoms with Crippen molar-refractivity contribution >= 4 is 23.4 Å². The quantitative estimate of drug-likeness (QED) is 0.876. The lowest BCUT2D eigenvalue weighted by atomic mass is 10.1. The first-order valence-electron chi connectivity index (χ1n) is 6.46. The highest BCUT2D eigenvalue weighted by Crippen LogP contribution is 2.25. The molecule has 1 N–H and O–H groups in total. The zero-order chi connectivity index (χ0) is 15.2. The summed E-state index contributed by atoms with van der Waals surface area (Å²) in [4.78, 5) is 16.9. The van der Waals surface area contributed by atoms with Crippen LogP contribution in [0, 0.1) is 25.2 Å². The highest BCUT2D eigenvalue weighted by molar-refractivity contribution is 7.99. The third-order valence-electron chi connectivity index (χ3n) is 2.84. The van der Waals surface area contributed by atoms with Gasteiger partial charge in [-0.15, -0.1) is 0 Å². The Morgan fingerprint density at radius 3 is 2.71 bits per heavy atom. The van der Waals surface area contributed by atoms with Crippen LogP contribution in [0.1, 0.15) is 21.6 Å². The van der Waals surface area contributed by atoms with E-state index in [4.69, 9.17) is 5.26 Å². The molecule has 1 amide bonds. The van der Waals surface area contributed by atoms with Gasteiger partial charge in [-0.1, -0.05) is 30.0 Å². The number of anilines is 1. The smallest absolute Gasteiger partial charge is 0.258 e. The summed E-state index contributed by atoms with van der Waals surface area (Å²) in [5, 5.41) is 12.2. The highest BCUT2D eigenvalue weighted by atomic mass is 32.2. The standard InChI is InChI=1S/C16H15N3OS/c1-11-10-12(2)18-16(21-9-8-17)14(11)15(20)19-13-6-4-3-5-7-13/h3-7,10H,9H2,1-2H3,(H,19,20). The molecule has 0 aliphatic heterocycles. The molecule has 1 aromatic carbocycles. The van der Waals surface area contributed by atoms with Crippen LogP contribution in [0.15, 0.2) is 41.4 Å². The third-order valence-corrected chi connectivity index (χ3v) is 3.69. The van der Waals surface area contributed by atoms with E-state index in [1.54, 1.807) is 0 Å². The molecule has 0 aliphatic carbocycles. The van der Waals surface area contributed by atoms with Gasteiger partial charge in [0.05, 0.1) is 17.4 Å². The Morgan fingerprint density at radius 1 is 1.33 bits per heavy atom. The first-order valence-corrected chi connectivity index (χ1v) is 7.44. The second-order valence-electron chi connectivity index (χ2n) is 4.53. The first kappa shape index (κ1) is 15.1. The molecule has 2 rings (SSSR count). The Bertz CT molecular complexity index is 693. The number of amides is 1. The molecule has 4 nitrogen and oxygen atoms in total. The van der Waals surface area contributed by atoms with E-state index >= 15 is 0 Å². The molecule has 0 aliphatic rings. The van der Waals surface area contributed by atoms with Gasteiger partial charge in [0, 0.05) is 11.4 Å². The molecular formula is C16H15N3OS. The van der Waals surface area contributed by atoms with E-state index < -0.39 is 0 Å². The van der Waals surface area contributed by atoms with Crippen LogP contribution in [0.2, 0.25) is 0 Å². The minimum absolute atomic E-state index is 0.202. The molecule has 1 heterocycles. The summed E-state index contributed by atoms with van der Waals surface area (Å²) in [6, 6.07) is 13.2. The molecular weight excluding hydrogens is 282 g/mol. The van der Waals surface area contributed by atoms with Crippen molar-refractivity contribution in [3.63, 3.8) is 0 Å². The number of carbonyl (C=O) groups is 1. The van der Waals surface area contributed by atoms with Crippen LogP contribution < -0.4 is 5.32 Å². The van der Waals surface area contributed by atoms with Gasteiger partial charge in [-0.3, -0.25) is 4.79 Å². The van der Waals surface area contributed by atoms with Crippen LogP contribution >= 0.6 is 11.8 Å². The summed E-state index contributed by atoms with van der Waals surface area (Å²) in [7, 11) is 0. The lowest BCUT2D eigenvalue weighted by molar-refractivity contribution is 0.102. The number of para-hydroxylation sites is 1. The minimum Gasteiger partial charge on any atom is -0.322 e. The summed E-state index contributed by atoms with van der Waals surface area (Å²) in [6.07, 6.45) is 0. The lowest BCUT2D eigenvalue weighted by Crippen LogP contribution is -2.16. The van der Waals surface area contributed by atoms with Crippen molar-refractivity contribution in [3.05, 3.63) is 53.2 Å². The SMILES string of the molecule is Cc1cc(C)c(C(=O)Nc2ccccc2)c(SCC#N)n1. The molecule has 1 aromatic heterocycles. The maximum absolute atomic E-state index is 12.5. The van der Waals surface area contributed by atoms with E-state index in [0.717, 1.165) is 16.9 Å². The van der Waals surface area contributed by atoms with Crippen molar-refractivity contribution in [2.24, 2.45) is 0 Å². The van der Waals surface area contributed by atoms with Crippen molar-refractivity contribution in [3.8, 4) is 6.07 Å². The van der Waals surface area contributed by atoms with Gasteiger partial charge < -0.3 is 5.32 Å². The maximum Gasteiger partial charge on any atom is 0.258 e. The Morgan fingerprint density at radius 2 is 2.05 bits per heavy atom. The van der Waals surface area contributed by atoms with Crippen LogP contribution in [0.5, 0.6) is 0 Å².